The standard InChI is InChI=1S/C20H19NO4/c1-21(12-6-11-19(22)23)20(24)25-13-18-16-9-4-2-7-14(16)15-8-3-5-10-17(15)18/h2-11,18H,12-13H2,1H3,(H,22,23)/b11-6+. The molecule has 0 aliphatic heterocycles. The topological polar surface area (TPSA) is 66.8 Å². The molecule has 0 bridgehead atoms. The summed E-state index contributed by atoms with van der Waals surface area (Å²) in [5, 5.41) is 8.58. The Labute approximate surface area is 146 Å². The molecule has 0 spiro atoms. The first-order valence-corrected chi connectivity index (χ1v) is 8.03. The molecule has 0 radical (unpaired) electrons. The Bertz CT molecular complexity index is 782. The molecule has 1 amide bonds. The second kappa shape index (κ2) is 7.21. The predicted molar refractivity (Wildman–Crippen MR) is 94.5 cm³/mol. The Balaban J connectivity index is 1.69. The van der Waals surface area contributed by atoms with Crippen molar-refractivity contribution in [1.82, 2.24) is 4.90 Å². The molecule has 1 N–H and O–H groups in total. The molecule has 0 fully saturated rings. The number of carbonyl (C=O) groups excluding carboxylic acids is 1. The SMILES string of the molecule is CN(C/C=C/C(=O)O)C(=O)OCC1c2ccccc2-c2ccccc21. The molecule has 1 aliphatic rings. The zero-order valence-electron chi connectivity index (χ0n) is 13.9. The van der Waals surface area contributed by atoms with Crippen LogP contribution in [0.5, 0.6) is 0 Å². The molecule has 0 unspecified atom stereocenters. The Kier molecular flexibility index (Phi) is 4.84. The second-order valence-corrected chi connectivity index (χ2v) is 5.93. The van der Waals surface area contributed by atoms with E-state index >= 15 is 0 Å². The third kappa shape index (κ3) is 3.55. The van der Waals surface area contributed by atoms with E-state index in [0.717, 1.165) is 17.2 Å². The maximum absolute atomic E-state index is 12.1. The van der Waals surface area contributed by atoms with E-state index in [0.29, 0.717) is 0 Å². The number of rotatable bonds is 5. The van der Waals surface area contributed by atoms with Gasteiger partial charge in [-0.05, 0) is 22.3 Å². The van der Waals surface area contributed by atoms with Gasteiger partial charge in [0.15, 0.2) is 0 Å². The maximum Gasteiger partial charge on any atom is 0.409 e. The smallest absolute Gasteiger partial charge is 0.409 e. The molecular weight excluding hydrogens is 318 g/mol. The van der Waals surface area contributed by atoms with Gasteiger partial charge >= 0.3 is 12.1 Å². The summed E-state index contributed by atoms with van der Waals surface area (Å²) in [5.74, 6) is -1.03. The normalized spacial score (nSPS) is 12.7. The predicted octanol–water partition coefficient (Wildman–Crippen LogP) is 3.51. The van der Waals surface area contributed by atoms with Gasteiger partial charge in [-0.3, -0.25) is 0 Å². The van der Waals surface area contributed by atoms with Crippen molar-refractivity contribution in [2.75, 3.05) is 20.2 Å². The molecule has 128 valence electrons. The third-order valence-electron chi connectivity index (χ3n) is 4.29. The van der Waals surface area contributed by atoms with E-state index in [9.17, 15) is 9.59 Å². The first-order valence-electron chi connectivity index (χ1n) is 8.03. The van der Waals surface area contributed by atoms with E-state index < -0.39 is 12.1 Å². The zero-order chi connectivity index (χ0) is 17.8. The highest BCUT2D eigenvalue weighted by Crippen LogP contribution is 2.44. The zero-order valence-corrected chi connectivity index (χ0v) is 13.9. The number of hydrogen-bond acceptors (Lipinski definition) is 3. The van der Waals surface area contributed by atoms with Crippen LogP contribution < -0.4 is 0 Å². The molecule has 0 saturated carbocycles. The monoisotopic (exact) mass is 337 g/mol. The summed E-state index contributed by atoms with van der Waals surface area (Å²) < 4.78 is 5.46. The number of ether oxygens (including phenoxy) is 1. The van der Waals surface area contributed by atoms with Crippen LogP contribution in [-0.4, -0.2) is 42.3 Å². The highest BCUT2D eigenvalue weighted by Gasteiger charge is 2.29. The molecule has 0 saturated heterocycles. The van der Waals surface area contributed by atoms with Gasteiger partial charge in [-0.1, -0.05) is 54.6 Å². The largest absolute Gasteiger partial charge is 0.478 e. The summed E-state index contributed by atoms with van der Waals surface area (Å²) >= 11 is 0. The summed E-state index contributed by atoms with van der Waals surface area (Å²) in [7, 11) is 1.57. The highest BCUT2D eigenvalue weighted by molar-refractivity contribution is 5.80. The van der Waals surface area contributed by atoms with Gasteiger partial charge in [0, 0.05) is 25.6 Å². The van der Waals surface area contributed by atoms with Crippen LogP contribution in [0, 0.1) is 0 Å². The van der Waals surface area contributed by atoms with Crippen molar-refractivity contribution in [3.05, 3.63) is 71.8 Å². The second-order valence-electron chi connectivity index (χ2n) is 5.93. The van der Waals surface area contributed by atoms with Gasteiger partial charge in [0.1, 0.15) is 6.61 Å². The fourth-order valence-corrected chi connectivity index (χ4v) is 3.09. The number of amides is 1. The van der Waals surface area contributed by atoms with Crippen molar-refractivity contribution in [2.45, 2.75) is 5.92 Å². The molecule has 2 aromatic rings. The molecule has 25 heavy (non-hydrogen) atoms. The van der Waals surface area contributed by atoms with Gasteiger partial charge in [-0.15, -0.1) is 0 Å². The van der Waals surface area contributed by atoms with Gasteiger partial charge in [0.05, 0.1) is 0 Å². The van der Waals surface area contributed by atoms with Gasteiger partial charge in [-0.2, -0.15) is 0 Å². The van der Waals surface area contributed by atoms with Crippen molar-refractivity contribution in [3.8, 4) is 11.1 Å². The number of carboxylic acids is 1. The number of carbonyl (C=O) groups is 2. The van der Waals surface area contributed by atoms with Crippen molar-refractivity contribution >= 4 is 12.1 Å². The minimum absolute atomic E-state index is 0.0133. The highest BCUT2D eigenvalue weighted by atomic mass is 16.6. The summed E-state index contributed by atoms with van der Waals surface area (Å²) in [6.45, 7) is 0.433. The molecule has 0 heterocycles. The van der Waals surface area contributed by atoms with Crippen LogP contribution >= 0.6 is 0 Å². The molecule has 3 rings (SSSR count). The molecule has 0 aromatic heterocycles. The molecule has 1 aliphatic carbocycles. The first kappa shape index (κ1) is 16.8. The third-order valence-corrected chi connectivity index (χ3v) is 4.29. The average molecular weight is 337 g/mol. The molecule has 5 nitrogen and oxygen atoms in total. The van der Waals surface area contributed by atoms with E-state index in [-0.39, 0.29) is 19.1 Å². The quantitative estimate of drug-likeness (QED) is 0.848. The van der Waals surface area contributed by atoms with Crippen molar-refractivity contribution in [1.29, 1.82) is 0 Å². The maximum atomic E-state index is 12.1. The number of fused-ring (bicyclic) bond motifs is 3. The van der Waals surface area contributed by atoms with Crippen LogP contribution in [0.1, 0.15) is 17.0 Å². The Morgan fingerprint density at radius 1 is 1.08 bits per heavy atom. The van der Waals surface area contributed by atoms with Crippen LogP contribution in [0.15, 0.2) is 60.7 Å². The van der Waals surface area contributed by atoms with Gasteiger partial charge < -0.3 is 14.7 Å². The fraction of sp³-hybridized carbons (Fsp3) is 0.200. The van der Waals surface area contributed by atoms with E-state index in [1.165, 1.54) is 22.1 Å². The Morgan fingerprint density at radius 2 is 1.64 bits per heavy atom. The fourth-order valence-electron chi connectivity index (χ4n) is 3.09. The van der Waals surface area contributed by atoms with Crippen molar-refractivity contribution in [2.24, 2.45) is 0 Å². The van der Waals surface area contributed by atoms with E-state index in [1.807, 2.05) is 24.3 Å². The molecule has 2 aromatic carbocycles. The van der Waals surface area contributed by atoms with Gasteiger partial charge in [-0.25, -0.2) is 9.59 Å². The van der Waals surface area contributed by atoms with E-state index in [1.54, 1.807) is 7.05 Å². The molecular formula is C20H19NO4. The van der Waals surface area contributed by atoms with Crippen molar-refractivity contribution < 1.29 is 19.4 Å². The Hall–Kier alpha value is -3.08. The van der Waals surface area contributed by atoms with Gasteiger partial charge in [0.2, 0.25) is 0 Å². The number of carboxylic acid groups (broad SMARTS) is 1. The van der Waals surface area contributed by atoms with E-state index in [4.69, 9.17) is 9.84 Å². The number of hydrogen-bond donors (Lipinski definition) is 1. The van der Waals surface area contributed by atoms with Crippen LogP contribution in [0.3, 0.4) is 0 Å². The minimum atomic E-state index is -1.04. The lowest BCUT2D eigenvalue weighted by Crippen LogP contribution is -2.29. The Morgan fingerprint density at radius 3 is 2.20 bits per heavy atom. The summed E-state index contributed by atoms with van der Waals surface area (Å²) in [6.07, 6.45) is 1.94. The lowest BCUT2D eigenvalue weighted by Gasteiger charge is -2.18. The molecule has 5 heteroatoms. The summed E-state index contributed by atoms with van der Waals surface area (Å²) in [6, 6.07) is 16.3. The first-order chi connectivity index (χ1) is 12.1. The number of aliphatic carboxylic acids is 1. The van der Waals surface area contributed by atoms with E-state index in [2.05, 4.69) is 24.3 Å². The van der Waals surface area contributed by atoms with Crippen LogP contribution in [0.2, 0.25) is 0 Å². The van der Waals surface area contributed by atoms with Gasteiger partial charge in [0.25, 0.3) is 0 Å². The lowest BCUT2D eigenvalue weighted by molar-refractivity contribution is -0.131. The minimum Gasteiger partial charge on any atom is -0.478 e. The number of benzene rings is 2. The van der Waals surface area contributed by atoms with Crippen LogP contribution in [-0.2, 0) is 9.53 Å². The van der Waals surface area contributed by atoms with Crippen LogP contribution in [0.4, 0.5) is 4.79 Å². The van der Waals surface area contributed by atoms with Crippen molar-refractivity contribution in [3.63, 3.8) is 0 Å². The molecule has 0 atom stereocenters. The average Bonchev–Trinajstić information content (AvgIpc) is 2.93. The lowest BCUT2D eigenvalue weighted by atomic mass is 9.98. The summed E-state index contributed by atoms with van der Waals surface area (Å²) in [4.78, 5) is 23.9. The number of likely N-dealkylation sites (N-methyl/N-ethyl adjacent to an activating group) is 1. The van der Waals surface area contributed by atoms with Crippen LogP contribution in [0.25, 0.3) is 11.1 Å². The summed E-state index contributed by atoms with van der Waals surface area (Å²) in [5.41, 5.74) is 4.67. The number of nitrogens with zero attached hydrogens (tertiary/aromatic N) is 1.